The van der Waals surface area contributed by atoms with Gasteiger partial charge in [0.05, 0.1) is 25.7 Å². The van der Waals surface area contributed by atoms with E-state index in [2.05, 4.69) is 20.9 Å². The lowest BCUT2D eigenvalue weighted by Gasteiger charge is -2.12. The van der Waals surface area contributed by atoms with Crippen LogP contribution in [0.2, 0.25) is 5.02 Å². The Bertz CT molecular complexity index is 1430. The third-order valence-electron chi connectivity index (χ3n) is 4.66. The fourth-order valence-corrected chi connectivity index (χ4v) is 5.61. The number of aliphatic carboxylic acids is 1. The highest BCUT2D eigenvalue weighted by Gasteiger charge is 2.22. The summed E-state index contributed by atoms with van der Waals surface area (Å²) in [5, 5.41) is 9.55. The summed E-state index contributed by atoms with van der Waals surface area (Å²) in [6.45, 7) is 0. The van der Waals surface area contributed by atoms with Crippen molar-refractivity contribution in [3.8, 4) is 11.5 Å². The number of ether oxygens (including phenoxy) is 1. The summed E-state index contributed by atoms with van der Waals surface area (Å²) >= 11 is 9.62. The zero-order valence-corrected chi connectivity index (χ0v) is 19.3. The van der Waals surface area contributed by atoms with Gasteiger partial charge >= 0.3 is 5.97 Å². The van der Waals surface area contributed by atoms with Gasteiger partial charge in [-0.05, 0) is 76.1 Å². The van der Waals surface area contributed by atoms with Gasteiger partial charge in [-0.3, -0.25) is 4.79 Å². The molecule has 0 aliphatic rings. The largest absolute Gasteiger partial charge is 0.481 e. The number of halogens is 3. The molecule has 3 aromatic carbocycles. The van der Waals surface area contributed by atoms with Gasteiger partial charge < -0.3 is 14.8 Å². The van der Waals surface area contributed by atoms with Crippen molar-refractivity contribution in [2.24, 2.45) is 0 Å². The van der Waals surface area contributed by atoms with Crippen molar-refractivity contribution in [1.29, 1.82) is 0 Å². The lowest BCUT2D eigenvalue weighted by Crippen LogP contribution is -2.01. The molecule has 0 atom stereocenters. The summed E-state index contributed by atoms with van der Waals surface area (Å²) in [6.07, 6.45) is 1.18. The first-order valence-corrected chi connectivity index (χ1v) is 11.8. The Morgan fingerprint density at radius 2 is 1.84 bits per heavy atom. The maximum atomic E-state index is 13.2. The number of carbonyl (C=O) groups is 1. The van der Waals surface area contributed by atoms with E-state index in [-0.39, 0.29) is 27.0 Å². The Labute approximate surface area is 195 Å². The zero-order valence-electron chi connectivity index (χ0n) is 16.1. The summed E-state index contributed by atoms with van der Waals surface area (Å²) < 4.78 is 45.7. The van der Waals surface area contributed by atoms with Crippen molar-refractivity contribution in [3.63, 3.8) is 0 Å². The van der Waals surface area contributed by atoms with E-state index in [1.165, 1.54) is 24.4 Å². The van der Waals surface area contributed by atoms with Gasteiger partial charge in [0.1, 0.15) is 11.6 Å². The van der Waals surface area contributed by atoms with Gasteiger partial charge in [-0.2, -0.15) is 0 Å². The minimum Gasteiger partial charge on any atom is -0.481 e. The number of sulfone groups is 1. The van der Waals surface area contributed by atoms with Gasteiger partial charge in [0.25, 0.3) is 0 Å². The number of aromatic amines is 1. The highest BCUT2D eigenvalue weighted by Crippen LogP contribution is 2.39. The molecule has 4 aromatic rings. The maximum Gasteiger partial charge on any atom is 0.307 e. The number of rotatable bonds is 6. The summed E-state index contributed by atoms with van der Waals surface area (Å²) in [5.74, 6) is -0.940. The molecule has 0 saturated heterocycles. The minimum absolute atomic E-state index is 0.0199. The van der Waals surface area contributed by atoms with Crippen molar-refractivity contribution >= 4 is 54.2 Å². The molecule has 0 radical (unpaired) electrons. The Morgan fingerprint density at radius 1 is 1.12 bits per heavy atom. The standard InChI is InChI=1S/C22H14BrClFNO5S/c23-17-7-12(9-21(27)28)8-18(24)22(17)31-14-3-6-19-16(10-14)20(11-26-19)32(29,30)15-4-1-13(25)2-5-15/h1-8,10-11,26H,9H2,(H,27,28). The molecule has 0 fully saturated rings. The van der Waals surface area contributed by atoms with Gasteiger partial charge in [-0.25, -0.2) is 12.8 Å². The van der Waals surface area contributed by atoms with Crippen molar-refractivity contribution < 1.29 is 27.4 Å². The third-order valence-corrected chi connectivity index (χ3v) is 7.34. The Hall–Kier alpha value is -2.88. The van der Waals surface area contributed by atoms with E-state index in [9.17, 15) is 17.6 Å². The number of benzene rings is 3. The van der Waals surface area contributed by atoms with Crippen LogP contribution in [0.4, 0.5) is 4.39 Å². The minimum atomic E-state index is -3.91. The molecule has 1 aromatic heterocycles. The SMILES string of the molecule is O=C(O)Cc1cc(Cl)c(Oc2ccc3[nH]cc(S(=O)(=O)c4ccc(F)cc4)c3c2)c(Br)c1. The van der Waals surface area contributed by atoms with E-state index in [4.69, 9.17) is 21.4 Å². The Kier molecular flexibility index (Phi) is 5.98. The van der Waals surface area contributed by atoms with Gasteiger partial charge in [0.2, 0.25) is 9.84 Å². The van der Waals surface area contributed by atoms with E-state index in [0.29, 0.717) is 26.7 Å². The summed E-state index contributed by atoms with van der Waals surface area (Å²) in [5.41, 5.74) is 1.07. The molecule has 4 rings (SSSR count). The predicted octanol–water partition coefficient (Wildman–Crippen LogP) is 5.98. The highest BCUT2D eigenvalue weighted by atomic mass is 79.9. The van der Waals surface area contributed by atoms with Crippen molar-refractivity contribution in [2.75, 3.05) is 0 Å². The second kappa shape index (κ2) is 8.57. The Balaban J connectivity index is 1.72. The maximum absolute atomic E-state index is 13.2. The van der Waals surface area contributed by atoms with E-state index >= 15 is 0 Å². The number of carboxylic acids is 1. The van der Waals surface area contributed by atoms with Gasteiger partial charge in [0, 0.05) is 17.1 Å². The van der Waals surface area contributed by atoms with E-state index in [1.807, 2.05) is 0 Å². The fourth-order valence-electron chi connectivity index (χ4n) is 3.21. The molecule has 164 valence electrons. The number of aromatic nitrogens is 1. The molecule has 32 heavy (non-hydrogen) atoms. The summed E-state index contributed by atoms with van der Waals surface area (Å²) in [4.78, 5) is 13.8. The molecule has 10 heteroatoms. The van der Waals surface area contributed by atoms with Gasteiger partial charge in [-0.1, -0.05) is 11.6 Å². The van der Waals surface area contributed by atoms with E-state index < -0.39 is 21.6 Å². The molecule has 0 aliphatic carbocycles. The molecule has 0 aliphatic heterocycles. The topological polar surface area (TPSA) is 96.5 Å². The molecule has 0 saturated carbocycles. The lowest BCUT2D eigenvalue weighted by molar-refractivity contribution is -0.136. The van der Waals surface area contributed by atoms with Crippen LogP contribution >= 0.6 is 27.5 Å². The number of fused-ring (bicyclic) bond motifs is 1. The summed E-state index contributed by atoms with van der Waals surface area (Å²) in [7, 11) is -3.91. The first-order valence-electron chi connectivity index (χ1n) is 9.14. The van der Waals surface area contributed by atoms with Crippen molar-refractivity contribution in [2.45, 2.75) is 16.2 Å². The second-order valence-corrected chi connectivity index (χ2v) is 10.1. The number of carboxylic acid groups (broad SMARTS) is 1. The molecule has 6 nitrogen and oxygen atoms in total. The number of hydrogen-bond donors (Lipinski definition) is 2. The average molecular weight is 539 g/mol. The van der Waals surface area contributed by atoms with Crippen molar-refractivity contribution in [1.82, 2.24) is 4.98 Å². The van der Waals surface area contributed by atoms with E-state index in [1.54, 1.807) is 24.3 Å². The third kappa shape index (κ3) is 4.36. The molecule has 0 spiro atoms. The van der Waals surface area contributed by atoms with Crippen LogP contribution in [0.3, 0.4) is 0 Å². The smallest absolute Gasteiger partial charge is 0.307 e. The van der Waals surface area contributed by atoms with Crippen LogP contribution < -0.4 is 4.74 Å². The first kappa shape index (κ1) is 22.3. The number of hydrogen-bond acceptors (Lipinski definition) is 4. The highest BCUT2D eigenvalue weighted by molar-refractivity contribution is 9.10. The molecule has 1 heterocycles. The van der Waals surface area contributed by atoms with Crippen molar-refractivity contribution in [3.05, 3.63) is 81.7 Å². The number of nitrogens with one attached hydrogen (secondary N) is 1. The van der Waals surface area contributed by atoms with Gasteiger partial charge in [0.15, 0.2) is 5.75 Å². The first-order chi connectivity index (χ1) is 15.1. The quantitative estimate of drug-likeness (QED) is 0.295. The van der Waals surface area contributed by atoms with Gasteiger partial charge in [-0.15, -0.1) is 0 Å². The number of H-pyrrole nitrogens is 1. The molecule has 0 amide bonds. The van der Waals surface area contributed by atoms with Crippen LogP contribution in [-0.4, -0.2) is 24.5 Å². The second-order valence-electron chi connectivity index (χ2n) is 6.88. The predicted molar refractivity (Wildman–Crippen MR) is 121 cm³/mol. The summed E-state index contributed by atoms with van der Waals surface area (Å²) in [6, 6.07) is 12.5. The monoisotopic (exact) mass is 537 g/mol. The van der Waals surface area contributed by atoms with Crippen LogP contribution in [0.1, 0.15) is 5.56 Å². The molecule has 2 N–H and O–H groups in total. The molecular formula is C22H14BrClFNO5S. The van der Waals surface area contributed by atoms with Crippen LogP contribution in [0, 0.1) is 5.82 Å². The van der Waals surface area contributed by atoms with Crippen LogP contribution in [0.15, 0.2) is 75.1 Å². The fraction of sp³-hybridized carbons (Fsp3) is 0.0455. The molecule has 0 bridgehead atoms. The normalized spacial score (nSPS) is 11.6. The van der Waals surface area contributed by atoms with Crippen LogP contribution in [-0.2, 0) is 21.1 Å². The van der Waals surface area contributed by atoms with E-state index in [0.717, 1.165) is 12.1 Å². The molecular weight excluding hydrogens is 525 g/mol. The molecule has 0 unspecified atom stereocenters. The zero-order chi connectivity index (χ0) is 23.0. The van der Waals surface area contributed by atoms with Crippen LogP contribution in [0.25, 0.3) is 10.9 Å². The Morgan fingerprint density at radius 3 is 2.50 bits per heavy atom. The van der Waals surface area contributed by atoms with Crippen LogP contribution in [0.5, 0.6) is 11.5 Å². The average Bonchev–Trinajstić information content (AvgIpc) is 3.15. The lowest BCUT2D eigenvalue weighted by atomic mass is 10.1.